The predicted octanol–water partition coefficient (Wildman–Crippen LogP) is 3.98. The second kappa shape index (κ2) is 8.03. The van der Waals surface area contributed by atoms with Gasteiger partial charge >= 0.3 is 0 Å². The highest BCUT2D eigenvalue weighted by molar-refractivity contribution is 14.0. The lowest BCUT2D eigenvalue weighted by Gasteiger charge is -2.33. The minimum absolute atomic E-state index is 0. The predicted molar refractivity (Wildman–Crippen MR) is 95.8 cm³/mol. The SMILES string of the molecule is COc1ccc(NC(N)=NCCC2(F)CCC2)cc1Cl.I. The summed E-state index contributed by atoms with van der Waals surface area (Å²) in [7, 11) is 1.55. The largest absolute Gasteiger partial charge is 0.495 e. The zero-order valence-electron chi connectivity index (χ0n) is 11.9. The number of benzene rings is 1. The standard InChI is InChI=1S/C14H19ClFN3O.HI/c1-20-12-4-3-10(9-11(12)15)19-13(17)18-8-7-14(16)5-2-6-14;/h3-4,9H,2,5-8H2,1H3,(H3,17,18,19);1H. The molecule has 4 nitrogen and oxygen atoms in total. The lowest BCUT2D eigenvalue weighted by Crippen LogP contribution is -2.33. The molecular formula is C14H20ClFIN3O. The number of hydrogen-bond acceptors (Lipinski definition) is 2. The van der Waals surface area contributed by atoms with Crippen LogP contribution in [0, 0.1) is 0 Å². The van der Waals surface area contributed by atoms with Gasteiger partial charge < -0.3 is 15.8 Å². The second-order valence-corrected chi connectivity index (χ2v) is 5.40. The summed E-state index contributed by atoms with van der Waals surface area (Å²) in [6, 6.07) is 5.23. The molecule has 0 amide bonds. The molecule has 3 N–H and O–H groups in total. The zero-order valence-corrected chi connectivity index (χ0v) is 15.0. The van der Waals surface area contributed by atoms with Gasteiger partial charge in [-0.2, -0.15) is 0 Å². The first-order valence-electron chi connectivity index (χ1n) is 6.62. The van der Waals surface area contributed by atoms with E-state index in [0.29, 0.717) is 36.6 Å². The van der Waals surface area contributed by atoms with Crippen LogP contribution in [0.2, 0.25) is 5.02 Å². The molecule has 0 saturated heterocycles. The Morgan fingerprint density at radius 2 is 2.24 bits per heavy atom. The summed E-state index contributed by atoms with van der Waals surface area (Å²) in [6.45, 7) is 0.388. The molecule has 7 heteroatoms. The summed E-state index contributed by atoms with van der Waals surface area (Å²) in [5.74, 6) is 0.853. The molecule has 0 aromatic heterocycles. The smallest absolute Gasteiger partial charge is 0.193 e. The first-order valence-corrected chi connectivity index (χ1v) is 7.00. The van der Waals surface area contributed by atoms with E-state index in [9.17, 15) is 4.39 Å². The Kier molecular flexibility index (Phi) is 6.99. The van der Waals surface area contributed by atoms with Crippen LogP contribution < -0.4 is 15.8 Å². The molecule has 0 atom stereocenters. The van der Waals surface area contributed by atoms with E-state index in [1.54, 1.807) is 25.3 Å². The van der Waals surface area contributed by atoms with Gasteiger partial charge in [-0.1, -0.05) is 11.6 Å². The van der Waals surface area contributed by atoms with Crippen LogP contribution in [-0.2, 0) is 0 Å². The Hall–Kier alpha value is -0.760. The third-order valence-electron chi connectivity index (χ3n) is 3.52. The molecule has 118 valence electrons. The number of nitrogens with zero attached hydrogens (tertiary/aromatic N) is 1. The number of alkyl halides is 1. The van der Waals surface area contributed by atoms with Crippen LogP contribution in [-0.4, -0.2) is 25.3 Å². The second-order valence-electron chi connectivity index (χ2n) is 5.00. The van der Waals surface area contributed by atoms with E-state index in [-0.39, 0.29) is 29.9 Å². The van der Waals surface area contributed by atoms with E-state index in [1.165, 1.54) is 0 Å². The van der Waals surface area contributed by atoms with Crippen LogP contribution in [0.15, 0.2) is 23.2 Å². The number of aliphatic imine (C=N–C) groups is 1. The lowest BCUT2D eigenvalue weighted by atomic mass is 9.80. The van der Waals surface area contributed by atoms with Gasteiger partial charge in [0.1, 0.15) is 11.4 Å². The summed E-state index contributed by atoms with van der Waals surface area (Å²) in [6.07, 6.45) is 2.69. The van der Waals surface area contributed by atoms with Gasteiger partial charge in [-0.05, 0) is 37.5 Å². The highest BCUT2D eigenvalue weighted by Crippen LogP contribution is 2.38. The zero-order chi connectivity index (χ0) is 14.6. The number of ether oxygens (including phenoxy) is 1. The molecule has 1 aromatic carbocycles. The van der Waals surface area contributed by atoms with Crippen molar-refractivity contribution in [2.45, 2.75) is 31.4 Å². The van der Waals surface area contributed by atoms with Gasteiger partial charge in [-0.15, -0.1) is 24.0 Å². The Balaban J connectivity index is 0.00000220. The van der Waals surface area contributed by atoms with Crippen LogP contribution in [0.4, 0.5) is 10.1 Å². The topological polar surface area (TPSA) is 59.6 Å². The number of methoxy groups -OCH3 is 1. The van der Waals surface area contributed by atoms with E-state index in [0.717, 1.165) is 12.1 Å². The molecule has 0 bridgehead atoms. The molecule has 2 rings (SSSR count). The maximum Gasteiger partial charge on any atom is 0.193 e. The molecule has 1 saturated carbocycles. The van der Waals surface area contributed by atoms with E-state index in [1.807, 2.05) is 0 Å². The average molecular weight is 428 g/mol. The van der Waals surface area contributed by atoms with Crippen molar-refractivity contribution in [1.82, 2.24) is 0 Å². The first-order chi connectivity index (χ1) is 9.52. The molecule has 1 fully saturated rings. The molecule has 0 spiro atoms. The summed E-state index contributed by atoms with van der Waals surface area (Å²) in [5, 5.41) is 3.41. The van der Waals surface area contributed by atoms with Crippen molar-refractivity contribution >= 4 is 47.2 Å². The van der Waals surface area contributed by atoms with Gasteiger partial charge in [0.2, 0.25) is 0 Å². The maximum absolute atomic E-state index is 13.8. The van der Waals surface area contributed by atoms with E-state index in [2.05, 4.69) is 10.3 Å². The highest BCUT2D eigenvalue weighted by atomic mass is 127. The summed E-state index contributed by atoms with van der Waals surface area (Å²) in [5.41, 5.74) is 5.45. The van der Waals surface area contributed by atoms with Crippen LogP contribution in [0.3, 0.4) is 0 Å². The average Bonchev–Trinajstić information content (AvgIpc) is 2.37. The van der Waals surface area contributed by atoms with Crippen molar-refractivity contribution < 1.29 is 9.13 Å². The number of rotatable bonds is 5. The number of hydrogen-bond donors (Lipinski definition) is 2. The van der Waals surface area contributed by atoms with Crippen molar-refractivity contribution in [3.8, 4) is 5.75 Å². The quantitative estimate of drug-likeness (QED) is 0.425. The molecule has 1 aromatic rings. The number of nitrogens with one attached hydrogen (secondary N) is 1. The molecular weight excluding hydrogens is 408 g/mol. The minimum Gasteiger partial charge on any atom is -0.495 e. The van der Waals surface area contributed by atoms with Crippen LogP contribution in [0.25, 0.3) is 0 Å². The third-order valence-corrected chi connectivity index (χ3v) is 3.81. The third kappa shape index (κ3) is 5.18. The molecule has 0 radical (unpaired) electrons. The molecule has 0 unspecified atom stereocenters. The Labute approximate surface area is 146 Å². The van der Waals surface area contributed by atoms with Crippen molar-refractivity contribution in [2.24, 2.45) is 10.7 Å². The monoisotopic (exact) mass is 427 g/mol. The van der Waals surface area contributed by atoms with Crippen molar-refractivity contribution in [3.63, 3.8) is 0 Å². The van der Waals surface area contributed by atoms with Crippen LogP contribution in [0.1, 0.15) is 25.7 Å². The Bertz CT molecular complexity index is 509. The van der Waals surface area contributed by atoms with E-state index in [4.69, 9.17) is 22.1 Å². The molecule has 1 aliphatic carbocycles. The van der Waals surface area contributed by atoms with Gasteiger partial charge in [-0.25, -0.2) is 4.39 Å². The summed E-state index contributed by atoms with van der Waals surface area (Å²) in [4.78, 5) is 4.13. The van der Waals surface area contributed by atoms with Crippen LogP contribution >= 0.6 is 35.6 Å². The van der Waals surface area contributed by atoms with Gasteiger partial charge in [-0.3, -0.25) is 4.99 Å². The molecule has 0 aliphatic heterocycles. The van der Waals surface area contributed by atoms with Crippen molar-refractivity contribution in [2.75, 3.05) is 19.0 Å². The molecule has 0 heterocycles. The normalized spacial score (nSPS) is 16.6. The van der Waals surface area contributed by atoms with E-state index >= 15 is 0 Å². The van der Waals surface area contributed by atoms with Gasteiger partial charge in [0.25, 0.3) is 0 Å². The number of guanidine groups is 1. The highest BCUT2D eigenvalue weighted by Gasteiger charge is 2.36. The fourth-order valence-corrected chi connectivity index (χ4v) is 2.38. The lowest BCUT2D eigenvalue weighted by molar-refractivity contribution is 0.0568. The summed E-state index contributed by atoms with van der Waals surface area (Å²) < 4.78 is 18.8. The molecule has 21 heavy (non-hydrogen) atoms. The fraction of sp³-hybridized carbons (Fsp3) is 0.500. The van der Waals surface area contributed by atoms with Gasteiger partial charge in [0, 0.05) is 18.7 Å². The first kappa shape index (κ1) is 18.3. The van der Waals surface area contributed by atoms with Crippen LogP contribution in [0.5, 0.6) is 5.75 Å². The Morgan fingerprint density at radius 3 is 2.76 bits per heavy atom. The van der Waals surface area contributed by atoms with Gasteiger partial charge in [0.05, 0.1) is 12.1 Å². The number of halogens is 3. The van der Waals surface area contributed by atoms with Gasteiger partial charge in [0.15, 0.2) is 5.96 Å². The van der Waals surface area contributed by atoms with E-state index < -0.39 is 5.67 Å². The fourth-order valence-electron chi connectivity index (χ4n) is 2.12. The maximum atomic E-state index is 13.8. The molecule has 1 aliphatic rings. The number of anilines is 1. The number of nitrogens with two attached hydrogens (primary N) is 1. The van der Waals surface area contributed by atoms with Crippen molar-refractivity contribution in [3.05, 3.63) is 23.2 Å². The Morgan fingerprint density at radius 1 is 1.52 bits per heavy atom. The minimum atomic E-state index is -1.02. The summed E-state index contributed by atoms with van der Waals surface area (Å²) >= 11 is 6.01. The van der Waals surface area contributed by atoms with Crippen molar-refractivity contribution in [1.29, 1.82) is 0 Å².